The van der Waals surface area contributed by atoms with E-state index in [1.165, 1.54) is 11.0 Å². The Labute approximate surface area is 100.0 Å². The molecule has 0 radical (unpaired) electrons. The molecule has 1 atom stereocenters. The lowest BCUT2D eigenvalue weighted by atomic mass is 10.2. The van der Waals surface area contributed by atoms with Crippen LogP contribution in [0.5, 0.6) is 0 Å². The van der Waals surface area contributed by atoms with Gasteiger partial charge in [-0.05, 0) is 31.1 Å². The maximum atomic E-state index is 11.8. The molecular weight excluding hydrogens is 216 g/mol. The van der Waals surface area contributed by atoms with Gasteiger partial charge in [0.15, 0.2) is 0 Å². The number of hydrogen-bond donors (Lipinski definition) is 0. The molecule has 1 aromatic heterocycles. The summed E-state index contributed by atoms with van der Waals surface area (Å²) in [5.41, 5.74) is 0.847. The number of likely N-dealkylation sites (tertiary alicyclic amines) is 1. The Bertz CT molecular complexity index is 454. The second-order valence-electron chi connectivity index (χ2n) is 4.11. The maximum Gasteiger partial charge on any atom is 0.253 e. The van der Waals surface area contributed by atoms with E-state index in [4.69, 9.17) is 0 Å². The molecule has 1 saturated heterocycles. The fourth-order valence-electron chi connectivity index (χ4n) is 1.89. The van der Waals surface area contributed by atoms with E-state index < -0.39 is 0 Å². The molecule has 0 aliphatic carbocycles. The zero-order valence-electron chi connectivity index (χ0n) is 9.67. The molecule has 1 aliphatic rings. The summed E-state index contributed by atoms with van der Waals surface area (Å²) in [4.78, 5) is 28.6. The first-order valence-electron chi connectivity index (χ1n) is 5.62. The minimum absolute atomic E-state index is 0.00792. The molecule has 0 N–H and O–H groups in total. The van der Waals surface area contributed by atoms with Crippen LogP contribution >= 0.6 is 0 Å². The summed E-state index contributed by atoms with van der Waals surface area (Å²) in [5.74, 6) is -0.331. The van der Waals surface area contributed by atoms with Crippen molar-refractivity contribution in [2.24, 2.45) is 0 Å². The van der Waals surface area contributed by atoms with Crippen molar-refractivity contribution in [1.82, 2.24) is 9.88 Å². The van der Waals surface area contributed by atoms with Crippen molar-refractivity contribution in [3.63, 3.8) is 0 Å². The van der Waals surface area contributed by atoms with Gasteiger partial charge in [-0.1, -0.05) is 6.07 Å². The minimum Gasteiger partial charge on any atom is -0.276 e. The number of pyridine rings is 1. The van der Waals surface area contributed by atoms with Crippen LogP contribution in [0, 0.1) is 0 Å². The van der Waals surface area contributed by atoms with Gasteiger partial charge in [0, 0.05) is 30.9 Å². The standard InChI is InChI=1S/C13H14N2O2/c1-10-4-6-12(16)15(10)13(17)7-5-11-3-2-8-14-9-11/h2-3,5,7-10H,4,6H2,1H3. The van der Waals surface area contributed by atoms with Gasteiger partial charge in [0.25, 0.3) is 5.91 Å². The van der Waals surface area contributed by atoms with Gasteiger partial charge in [-0.15, -0.1) is 0 Å². The van der Waals surface area contributed by atoms with Gasteiger partial charge in [-0.2, -0.15) is 0 Å². The zero-order valence-corrected chi connectivity index (χ0v) is 9.67. The molecule has 2 rings (SSSR count). The maximum absolute atomic E-state index is 11.8. The van der Waals surface area contributed by atoms with Gasteiger partial charge in [-0.3, -0.25) is 19.5 Å². The lowest BCUT2D eigenvalue weighted by Crippen LogP contribution is -2.35. The summed E-state index contributed by atoms with van der Waals surface area (Å²) in [5, 5.41) is 0. The highest BCUT2D eigenvalue weighted by atomic mass is 16.2. The van der Waals surface area contributed by atoms with Gasteiger partial charge in [0.05, 0.1) is 0 Å². The Morgan fingerprint density at radius 3 is 3.00 bits per heavy atom. The van der Waals surface area contributed by atoms with Crippen molar-refractivity contribution in [2.75, 3.05) is 0 Å². The lowest BCUT2D eigenvalue weighted by Gasteiger charge is -2.17. The molecule has 4 heteroatoms. The number of hydrogen-bond acceptors (Lipinski definition) is 3. The average molecular weight is 230 g/mol. The van der Waals surface area contributed by atoms with E-state index in [1.807, 2.05) is 13.0 Å². The van der Waals surface area contributed by atoms with Crippen molar-refractivity contribution in [3.8, 4) is 0 Å². The lowest BCUT2D eigenvalue weighted by molar-refractivity contribution is -0.140. The van der Waals surface area contributed by atoms with Crippen LogP contribution in [0.2, 0.25) is 0 Å². The summed E-state index contributed by atoms with van der Waals surface area (Å²) >= 11 is 0. The minimum atomic E-state index is -0.246. The predicted molar refractivity (Wildman–Crippen MR) is 63.8 cm³/mol. The molecule has 17 heavy (non-hydrogen) atoms. The van der Waals surface area contributed by atoms with Crippen molar-refractivity contribution in [1.29, 1.82) is 0 Å². The van der Waals surface area contributed by atoms with Crippen LogP contribution in [0.15, 0.2) is 30.6 Å². The number of rotatable bonds is 2. The van der Waals surface area contributed by atoms with Gasteiger partial charge >= 0.3 is 0 Å². The monoisotopic (exact) mass is 230 g/mol. The van der Waals surface area contributed by atoms with Crippen molar-refractivity contribution in [2.45, 2.75) is 25.8 Å². The summed E-state index contributed by atoms with van der Waals surface area (Å²) in [7, 11) is 0. The Balaban J connectivity index is 2.07. The van der Waals surface area contributed by atoms with Crippen LogP contribution in [0.1, 0.15) is 25.3 Å². The summed E-state index contributed by atoms with van der Waals surface area (Å²) in [6.45, 7) is 1.89. The first-order valence-corrected chi connectivity index (χ1v) is 5.62. The molecule has 0 aromatic carbocycles. The van der Waals surface area contributed by atoms with Crippen molar-refractivity contribution < 1.29 is 9.59 Å². The van der Waals surface area contributed by atoms with Crippen LogP contribution in [-0.2, 0) is 9.59 Å². The Morgan fingerprint density at radius 1 is 1.59 bits per heavy atom. The van der Waals surface area contributed by atoms with Crippen molar-refractivity contribution in [3.05, 3.63) is 36.2 Å². The molecule has 1 fully saturated rings. The number of carbonyl (C=O) groups excluding carboxylic acids is 2. The average Bonchev–Trinajstić information content (AvgIpc) is 2.67. The second kappa shape index (κ2) is 4.91. The van der Waals surface area contributed by atoms with E-state index in [0.717, 1.165) is 12.0 Å². The summed E-state index contributed by atoms with van der Waals surface area (Å²) in [6.07, 6.45) is 7.66. The third-order valence-corrected chi connectivity index (χ3v) is 2.83. The van der Waals surface area contributed by atoms with Crippen LogP contribution in [0.25, 0.3) is 6.08 Å². The molecule has 2 heterocycles. The number of nitrogens with zero attached hydrogens (tertiary/aromatic N) is 2. The highest BCUT2D eigenvalue weighted by Gasteiger charge is 2.31. The van der Waals surface area contributed by atoms with Gasteiger partial charge < -0.3 is 0 Å². The first kappa shape index (κ1) is 11.5. The van der Waals surface area contributed by atoms with E-state index in [-0.39, 0.29) is 17.9 Å². The number of carbonyl (C=O) groups is 2. The molecule has 2 amide bonds. The smallest absolute Gasteiger partial charge is 0.253 e. The highest BCUT2D eigenvalue weighted by Crippen LogP contribution is 2.18. The third kappa shape index (κ3) is 2.58. The fraction of sp³-hybridized carbons (Fsp3) is 0.308. The largest absolute Gasteiger partial charge is 0.276 e. The Kier molecular flexibility index (Phi) is 3.32. The summed E-state index contributed by atoms with van der Waals surface area (Å²) in [6, 6.07) is 3.66. The normalized spacial score (nSPS) is 20.2. The molecule has 0 saturated carbocycles. The molecule has 4 nitrogen and oxygen atoms in total. The van der Waals surface area contributed by atoms with E-state index >= 15 is 0 Å². The van der Waals surface area contributed by atoms with E-state index in [1.54, 1.807) is 24.5 Å². The number of amides is 2. The van der Waals surface area contributed by atoms with Gasteiger partial charge in [0.1, 0.15) is 0 Å². The van der Waals surface area contributed by atoms with E-state index in [9.17, 15) is 9.59 Å². The SMILES string of the molecule is CC1CCC(=O)N1C(=O)C=Cc1cccnc1. The quantitative estimate of drug-likeness (QED) is 0.725. The van der Waals surface area contributed by atoms with Gasteiger partial charge in [0.2, 0.25) is 5.91 Å². The van der Waals surface area contributed by atoms with E-state index in [2.05, 4.69) is 4.98 Å². The number of imide groups is 1. The Morgan fingerprint density at radius 2 is 2.41 bits per heavy atom. The van der Waals surface area contributed by atoms with Crippen LogP contribution in [0.3, 0.4) is 0 Å². The molecule has 0 bridgehead atoms. The topological polar surface area (TPSA) is 50.3 Å². The molecule has 0 spiro atoms. The second-order valence-corrected chi connectivity index (χ2v) is 4.11. The first-order chi connectivity index (χ1) is 8.18. The molecular formula is C13H14N2O2. The van der Waals surface area contributed by atoms with Crippen LogP contribution in [-0.4, -0.2) is 27.7 Å². The van der Waals surface area contributed by atoms with Crippen molar-refractivity contribution >= 4 is 17.9 Å². The Hall–Kier alpha value is -1.97. The fourth-order valence-corrected chi connectivity index (χ4v) is 1.89. The highest BCUT2D eigenvalue weighted by molar-refractivity contribution is 6.04. The summed E-state index contributed by atoms with van der Waals surface area (Å²) < 4.78 is 0. The van der Waals surface area contributed by atoms with Crippen LogP contribution < -0.4 is 0 Å². The zero-order chi connectivity index (χ0) is 12.3. The van der Waals surface area contributed by atoms with Crippen LogP contribution in [0.4, 0.5) is 0 Å². The number of aromatic nitrogens is 1. The van der Waals surface area contributed by atoms with Gasteiger partial charge in [-0.25, -0.2) is 0 Å². The molecule has 1 aromatic rings. The molecule has 88 valence electrons. The third-order valence-electron chi connectivity index (χ3n) is 2.83. The molecule has 1 unspecified atom stereocenters. The molecule has 1 aliphatic heterocycles. The van der Waals surface area contributed by atoms with E-state index in [0.29, 0.717) is 6.42 Å². The predicted octanol–water partition coefficient (Wildman–Crippen LogP) is 1.63.